The summed E-state index contributed by atoms with van der Waals surface area (Å²) in [5, 5.41) is 3.65. The summed E-state index contributed by atoms with van der Waals surface area (Å²) in [7, 11) is 0. The molecule has 0 saturated carbocycles. The van der Waals surface area contributed by atoms with Crippen molar-refractivity contribution in [2.45, 2.75) is 18.0 Å². The van der Waals surface area contributed by atoms with Gasteiger partial charge < -0.3 is 0 Å². The molecule has 0 aliphatic carbocycles. The van der Waals surface area contributed by atoms with E-state index in [1.165, 1.54) is 29.6 Å². The Morgan fingerprint density at radius 2 is 1.82 bits per heavy atom. The van der Waals surface area contributed by atoms with Gasteiger partial charge in [0.05, 0.1) is 20.5 Å². The quantitative estimate of drug-likeness (QED) is 0.556. The fourth-order valence-electron chi connectivity index (χ4n) is 1.81. The van der Waals surface area contributed by atoms with Crippen LogP contribution in [0.25, 0.3) is 5.69 Å². The van der Waals surface area contributed by atoms with Gasteiger partial charge in [-0.25, -0.2) is 4.68 Å². The largest absolute Gasteiger partial charge is 0.416 e. The molecule has 0 unspecified atom stereocenters. The Kier molecular flexibility index (Phi) is 4.79. The zero-order valence-electron chi connectivity index (χ0n) is 11.3. The number of hydrogen-bond donors (Lipinski definition) is 0. The average Bonchev–Trinajstić information content (AvgIpc) is 2.80. The molecule has 0 aliphatic rings. The lowest BCUT2D eigenvalue weighted by molar-refractivity contribution is -0.137. The van der Waals surface area contributed by atoms with Crippen LogP contribution >= 0.6 is 35.0 Å². The van der Waals surface area contributed by atoms with Gasteiger partial charge in [0.1, 0.15) is 11.4 Å². The fourth-order valence-corrected chi connectivity index (χ4v) is 3.06. The number of benzene rings is 1. The number of carbonyl (C=O) groups is 1. The maximum atomic E-state index is 12.7. The lowest BCUT2D eigenvalue weighted by Crippen LogP contribution is -2.07. The van der Waals surface area contributed by atoms with E-state index in [9.17, 15) is 18.0 Å². The molecular weight excluding hydrogens is 360 g/mol. The second-order valence-corrected chi connectivity index (χ2v) is 6.00. The molecule has 0 fully saturated rings. The van der Waals surface area contributed by atoms with Gasteiger partial charge in [0.15, 0.2) is 5.78 Å². The molecule has 118 valence electrons. The van der Waals surface area contributed by atoms with E-state index in [2.05, 4.69) is 5.10 Å². The molecule has 0 bridgehead atoms. The van der Waals surface area contributed by atoms with E-state index >= 15 is 0 Å². The van der Waals surface area contributed by atoms with Crippen LogP contribution in [-0.2, 0) is 6.18 Å². The predicted octanol–water partition coefficient (Wildman–Crippen LogP) is 5.12. The summed E-state index contributed by atoms with van der Waals surface area (Å²) in [6.45, 7) is 1.35. The Balaban J connectivity index is 2.61. The lowest BCUT2D eigenvalue weighted by atomic mass is 10.2. The van der Waals surface area contributed by atoms with Crippen molar-refractivity contribution in [2.75, 3.05) is 6.26 Å². The Labute approximate surface area is 138 Å². The third-order valence-corrected chi connectivity index (χ3v) is 4.12. The van der Waals surface area contributed by atoms with Gasteiger partial charge in [-0.3, -0.25) is 4.79 Å². The third-order valence-electron chi connectivity index (χ3n) is 2.81. The molecule has 0 atom stereocenters. The molecule has 2 aromatic rings. The lowest BCUT2D eigenvalue weighted by Gasteiger charge is -2.12. The number of nitrogens with zero attached hydrogens (tertiary/aromatic N) is 2. The highest BCUT2D eigenvalue weighted by Gasteiger charge is 2.32. The molecule has 0 aliphatic heterocycles. The number of aromatic nitrogens is 2. The van der Waals surface area contributed by atoms with Crippen molar-refractivity contribution in [3.8, 4) is 5.69 Å². The molecule has 0 spiro atoms. The number of thioether (sulfide) groups is 1. The summed E-state index contributed by atoms with van der Waals surface area (Å²) in [6.07, 6.45) is -1.30. The Bertz CT molecular complexity index is 720. The molecule has 3 nitrogen and oxygen atoms in total. The van der Waals surface area contributed by atoms with Gasteiger partial charge in [-0.2, -0.15) is 18.3 Å². The predicted molar refractivity (Wildman–Crippen MR) is 80.4 cm³/mol. The number of carbonyl (C=O) groups excluding carboxylic acids is 1. The van der Waals surface area contributed by atoms with E-state index in [4.69, 9.17) is 23.2 Å². The molecule has 22 heavy (non-hydrogen) atoms. The Morgan fingerprint density at radius 3 is 2.18 bits per heavy atom. The summed E-state index contributed by atoms with van der Waals surface area (Å²) >= 11 is 13.1. The van der Waals surface area contributed by atoms with Gasteiger partial charge in [0.25, 0.3) is 0 Å². The first-order valence-corrected chi connectivity index (χ1v) is 7.84. The zero-order chi connectivity index (χ0) is 16.7. The molecule has 1 aromatic heterocycles. The van der Waals surface area contributed by atoms with Crippen molar-refractivity contribution in [3.05, 3.63) is 39.6 Å². The van der Waals surface area contributed by atoms with Crippen LogP contribution in [-0.4, -0.2) is 21.8 Å². The van der Waals surface area contributed by atoms with Crippen molar-refractivity contribution in [1.82, 2.24) is 9.78 Å². The van der Waals surface area contributed by atoms with Crippen LogP contribution < -0.4 is 0 Å². The third kappa shape index (κ3) is 3.26. The first-order chi connectivity index (χ1) is 10.1. The van der Waals surface area contributed by atoms with Crippen molar-refractivity contribution in [2.24, 2.45) is 0 Å². The first kappa shape index (κ1) is 17.2. The fraction of sp³-hybridized carbons (Fsp3) is 0.231. The molecular formula is C13H9Cl2F3N2OS. The van der Waals surface area contributed by atoms with Gasteiger partial charge in [0, 0.05) is 13.1 Å². The second-order valence-electron chi connectivity index (χ2n) is 4.33. The first-order valence-electron chi connectivity index (χ1n) is 5.86. The van der Waals surface area contributed by atoms with Gasteiger partial charge in [-0.05, 0) is 18.4 Å². The molecule has 2 rings (SSSR count). The van der Waals surface area contributed by atoms with Crippen molar-refractivity contribution in [3.63, 3.8) is 0 Å². The van der Waals surface area contributed by atoms with E-state index < -0.39 is 11.7 Å². The second kappa shape index (κ2) is 6.14. The van der Waals surface area contributed by atoms with E-state index in [0.29, 0.717) is 4.90 Å². The standard InChI is InChI=1S/C13H9Cl2F3N2OS/c1-6(21)11-10(22-2)5-20(19-11)12-8(14)3-7(4-9(12)15)13(16,17)18/h3-5H,1-2H3. The maximum Gasteiger partial charge on any atom is 0.416 e. The molecule has 0 amide bonds. The summed E-state index contributed by atoms with van der Waals surface area (Å²) in [5.74, 6) is -0.262. The van der Waals surface area contributed by atoms with Crippen LogP contribution in [0.15, 0.2) is 23.2 Å². The SMILES string of the molecule is CSc1cn(-c2c(Cl)cc(C(F)(F)F)cc2Cl)nc1C(C)=O. The van der Waals surface area contributed by atoms with E-state index in [1.807, 2.05) is 0 Å². The number of halogens is 5. The highest BCUT2D eigenvalue weighted by molar-refractivity contribution is 7.98. The smallest absolute Gasteiger partial charge is 0.293 e. The minimum atomic E-state index is -4.55. The molecule has 1 heterocycles. The van der Waals surface area contributed by atoms with E-state index in [-0.39, 0.29) is 27.2 Å². The summed E-state index contributed by atoms with van der Waals surface area (Å²) in [6, 6.07) is 1.55. The Morgan fingerprint density at radius 1 is 1.27 bits per heavy atom. The van der Waals surface area contributed by atoms with Crippen LogP contribution in [0.1, 0.15) is 23.0 Å². The highest BCUT2D eigenvalue weighted by atomic mass is 35.5. The minimum absolute atomic E-state index is 0.0964. The van der Waals surface area contributed by atoms with Gasteiger partial charge >= 0.3 is 6.18 Å². The summed E-state index contributed by atoms with van der Waals surface area (Å²) in [5.41, 5.74) is -0.644. The molecule has 0 N–H and O–H groups in total. The van der Waals surface area contributed by atoms with Gasteiger partial charge in [-0.1, -0.05) is 23.2 Å². The van der Waals surface area contributed by atoms with E-state index in [1.54, 1.807) is 6.26 Å². The van der Waals surface area contributed by atoms with E-state index in [0.717, 1.165) is 12.1 Å². The average molecular weight is 369 g/mol. The topological polar surface area (TPSA) is 34.9 Å². The normalized spacial score (nSPS) is 11.8. The zero-order valence-corrected chi connectivity index (χ0v) is 13.7. The number of Topliss-reactive ketones (excluding diaryl/α,β-unsaturated/α-hetero) is 1. The molecule has 0 saturated heterocycles. The monoisotopic (exact) mass is 368 g/mol. The minimum Gasteiger partial charge on any atom is -0.293 e. The van der Waals surface area contributed by atoms with Crippen molar-refractivity contribution >= 4 is 40.7 Å². The van der Waals surface area contributed by atoms with Gasteiger partial charge in [-0.15, -0.1) is 11.8 Å². The molecule has 9 heteroatoms. The van der Waals surface area contributed by atoms with Gasteiger partial charge in [0.2, 0.25) is 0 Å². The van der Waals surface area contributed by atoms with Crippen LogP contribution in [0.4, 0.5) is 13.2 Å². The molecule has 1 aromatic carbocycles. The van der Waals surface area contributed by atoms with Crippen molar-refractivity contribution < 1.29 is 18.0 Å². The number of ketones is 1. The Hall–Kier alpha value is -1.18. The van der Waals surface area contributed by atoms with Crippen LogP contribution in [0.2, 0.25) is 10.0 Å². The van der Waals surface area contributed by atoms with Crippen LogP contribution in [0.5, 0.6) is 0 Å². The van der Waals surface area contributed by atoms with Crippen molar-refractivity contribution in [1.29, 1.82) is 0 Å². The van der Waals surface area contributed by atoms with Crippen LogP contribution in [0.3, 0.4) is 0 Å². The molecule has 0 radical (unpaired) electrons. The van der Waals surface area contributed by atoms with Crippen LogP contribution in [0, 0.1) is 0 Å². The highest BCUT2D eigenvalue weighted by Crippen LogP contribution is 2.37. The summed E-state index contributed by atoms with van der Waals surface area (Å²) < 4.78 is 39.4. The maximum absolute atomic E-state index is 12.7. The number of rotatable bonds is 3. The number of hydrogen-bond acceptors (Lipinski definition) is 3. The summed E-state index contributed by atoms with van der Waals surface area (Å²) in [4.78, 5) is 12.1. The number of alkyl halides is 3.